The molecule has 84 valence electrons. The number of hydrogen-bond donors (Lipinski definition) is 2. The van der Waals surface area contributed by atoms with Crippen LogP contribution in [-0.2, 0) is 14.3 Å². The van der Waals surface area contributed by atoms with E-state index in [4.69, 9.17) is 9.47 Å². The van der Waals surface area contributed by atoms with Crippen molar-refractivity contribution in [3.63, 3.8) is 0 Å². The Kier molecular flexibility index (Phi) is 7.37. The molecule has 0 aromatic heterocycles. The summed E-state index contributed by atoms with van der Waals surface area (Å²) in [4.78, 5) is 11.2. The Hall–Kier alpha value is -0.650. The maximum atomic E-state index is 11.2. The molecule has 0 saturated carbocycles. The van der Waals surface area contributed by atoms with Crippen molar-refractivity contribution in [2.75, 3.05) is 27.3 Å². The summed E-state index contributed by atoms with van der Waals surface area (Å²) in [6, 6.07) is 0.307. The van der Waals surface area contributed by atoms with Crippen LogP contribution in [0, 0.1) is 0 Å². The fraction of sp³-hybridized carbons (Fsp3) is 0.889. The van der Waals surface area contributed by atoms with Gasteiger partial charge >= 0.3 is 0 Å². The normalized spacial score (nSPS) is 11.0. The molecule has 0 aliphatic carbocycles. The summed E-state index contributed by atoms with van der Waals surface area (Å²) in [5, 5.41) is 5.70. The summed E-state index contributed by atoms with van der Waals surface area (Å²) in [5.74, 6) is -0.0576. The molecule has 0 aromatic rings. The third-order valence-corrected chi connectivity index (χ3v) is 1.66. The second-order valence-corrected chi connectivity index (χ2v) is 3.24. The van der Waals surface area contributed by atoms with Gasteiger partial charge in [0.1, 0.15) is 0 Å². The van der Waals surface area contributed by atoms with Gasteiger partial charge in [-0.1, -0.05) is 13.8 Å². The molecule has 0 heterocycles. The zero-order valence-electron chi connectivity index (χ0n) is 9.29. The van der Waals surface area contributed by atoms with E-state index in [0.717, 1.165) is 0 Å². The van der Waals surface area contributed by atoms with E-state index in [-0.39, 0.29) is 12.2 Å². The zero-order valence-corrected chi connectivity index (χ0v) is 9.29. The Morgan fingerprint density at radius 1 is 1.29 bits per heavy atom. The molecule has 0 bridgehead atoms. The van der Waals surface area contributed by atoms with Gasteiger partial charge in [-0.15, -0.1) is 0 Å². The standard InChI is InChI=1S/C9H20N2O3/c1-7(2)10-5-8(12)11-6-9(13-3)14-4/h7,9-10H,5-6H2,1-4H3,(H,11,12). The van der Waals surface area contributed by atoms with Crippen LogP contribution < -0.4 is 10.6 Å². The van der Waals surface area contributed by atoms with Gasteiger partial charge in [0.25, 0.3) is 0 Å². The Bertz CT molecular complexity index is 158. The average Bonchev–Trinajstić information content (AvgIpc) is 2.16. The number of methoxy groups -OCH3 is 2. The maximum absolute atomic E-state index is 11.2. The molecule has 0 radical (unpaired) electrons. The zero-order chi connectivity index (χ0) is 11.0. The van der Waals surface area contributed by atoms with Gasteiger partial charge in [-0.2, -0.15) is 0 Å². The second kappa shape index (κ2) is 7.73. The van der Waals surface area contributed by atoms with E-state index < -0.39 is 0 Å². The number of carbonyl (C=O) groups excluding carboxylic acids is 1. The van der Waals surface area contributed by atoms with Gasteiger partial charge in [-0.05, 0) is 0 Å². The van der Waals surface area contributed by atoms with Gasteiger partial charge in [0.15, 0.2) is 6.29 Å². The molecular weight excluding hydrogens is 184 g/mol. The summed E-state index contributed by atoms with van der Waals surface area (Å²) >= 11 is 0. The van der Waals surface area contributed by atoms with Crippen LogP contribution in [0.3, 0.4) is 0 Å². The number of nitrogens with one attached hydrogen (secondary N) is 2. The highest BCUT2D eigenvalue weighted by Crippen LogP contribution is 1.87. The van der Waals surface area contributed by atoms with E-state index in [2.05, 4.69) is 10.6 Å². The van der Waals surface area contributed by atoms with Crippen molar-refractivity contribution in [3.8, 4) is 0 Å². The topological polar surface area (TPSA) is 59.6 Å². The minimum absolute atomic E-state index is 0.0576. The van der Waals surface area contributed by atoms with Gasteiger partial charge in [0.2, 0.25) is 5.91 Å². The number of amides is 1. The lowest BCUT2D eigenvalue weighted by Gasteiger charge is -2.14. The predicted molar refractivity (Wildman–Crippen MR) is 54.0 cm³/mol. The quantitative estimate of drug-likeness (QED) is 0.560. The van der Waals surface area contributed by atoms with Crippen molar-refractivity contribution >= 4 is 5.91 Å². The van der Waals surface area contributed by atoms with Crippen LogP contribution >= 0.6 is 0 Å². The molecule has 0 aliphatic rings. The third-order valence-electron chi connectivity index (χ3n) is 1.66. The lowest BCUT2D eigenvalue weighted by atomic mass is 10.4. The van der Waals surface area contributed by atoms with Crippen LogP contribution in [0.4, 0.5) is 0 Å². The van der Waals surface area contributed by atoms with E-state index in [1.54, 1.807) is 0 Å². The summed E-state index contributed by atoms with van der Waals surface area (Å²) in [6.45, 7) is 4.66. The minimum Gasteiger partial charge on any atom is -0.354 e. The van der Waals surface area contributed by atoms with Crippen LogP contribution in [-0.4, -0.2) is 45.5 Å². The van der Waals surface area contributed by atoms with Crippen LogP contribution in [0.25, 0.3) is 0 Å². The molecule has 14 heavy (non-hydrogen) atoms. The van der Waals surface area contributed by atoms with Crippen molar-refractivity contribution in [3.05, 3.63) is 0 Å². The van der Waals surface area contributed by atoms with Gasteiger partial charge < -0.3 is 20.1 Å². The summed E-state index contributed by atoms with van der Waals surface area (Å²) < 4.78 is 9.84. The van der Waals surface area contributed by atoms with Crippen molar-refractivity contribution < 1.29 is 14.3 Å². The smallest absolute Gasteiger partial charge is 0.234 e. The molecule has 5 nitrogen and oxygen atoms in total. The molecule has 5 heteroatoms. The van der Waals surface area contributed by atoms with E-state index in [9.17, 15) is 4.79 Å². The van der Waals surface area contributed by atoms with Crippen molar-refractivity contribution in [2.24, 2.45) is 0 Å². The van der Waals surface area contributed by atoms with E-state index >= 15 is 0 Å². The third kappa shape index (κ3) is 6.82. The first kappa shape index (κ1) is 13.4. The molecule has 0 fully saturated rings. The summed E-state index contributed by atoms with van der Waals surface area (Å²) in [7, 11) is 3.07. The molecule has 0 aromatic carbocycles. The first-order valence-electron chi connectivity index (χ1n) is 4.65. The average molecular weight is 204 g/mol. The highest BCUT2D eigenvalue weighted by molar-refractivity contribution is 5.77. The van der Waals surface area contributed by atoms with Crippen LogP contribution in [0.2, 0.25) is 0 Å². The first-order chi connectivity index (χ1) is 6.60. The number of hydrogen-bond acceptors (Lipinski definition) is 4. The minimum atomic E-state index is -0.377. The summed E-state index contributed by atoms with van der Waals surface area (Å²) in [6.07, 6.45) is -0.377. The highest BCUT2D eigenvalue weighted by atomic mass is 16.7. The Morgan fingerprint density at radius 3 is 2.29 bits per heavy atom. The van der Waals surface area contributed by atoms with Gasteiger partial charge in [0, 0.05) is 20.3 Å². The number of ether oxygens (including phenoxy) is 2. The van der Waals surface area contributed by atoms with E-state index in [1.165, 1.54) is 14.2 Å². The molecule has 1 amide bonds. The lowest BCUT2D eigenvalue weighted by molar-refractivity contribution is -0.126. The maximum Gasteiger partial charge on any atom is 0.234 e. The molecule has 0 atom stereocenters. The lowest BCUT2D eigenvalue weighted by Crippen LogP contribution is -2.40. The van der Waals surface area contributed by atoms with E-state index in [1.807, 2.05) is 13.8 Å². The molecule has 0 spiro atoms. The first-order valence-corrected chi connectivity index (χ1v) is 4.65. The van der Waals surface area contributed by atoms with Crippen LogP contribution in [0.5, 0.6) is 0 Å². The van der Waals surface area contributed by atoms with Crippen LogP contribution in [0.15, 0.2) is 0 Å². The Morgan fingerprint density at radius 2 is 1.86 bits per heavy atom. The Labute approximate surface area is 85.1 Å². The van der Waals surface area contributed by atoms with Crippen molar-refractivity contribution in [1.82, 2.24) is 10.6 Å². The molecule has 0 saturated heterocycles. The highest BCUT2D eigenvalue weighted by Gasteiger charge is 2.07. The fourth-order valence-electron chi connectivity index (χ4n) is 0.819. The van der Waals surface area contributed by atoms with E-state index in [0.29, 0.717) is 19.1 Å². The molecule has 0 unspecified atom stereocenters. The monoisotopic (exact) mass is 204 g/mol. The summed E-state index contributed by atoms with van der Waals surface area (Å²) in [5.41, 5.74) is 0. The molecule has 0 rings (SSSR count). The van der Waals surface area contributed by atoms with Gasteiger partial charge in [-0.25, -0.2) is 0 Å². The Balaban J connectivity index is 3.52. The predicted octanol–water partition coefficient (Wildman–Crippen LogP) is -0.280. The number of carbonyl (C=O) groups is 1. The SMILES string of the molecule is COC(CNC(=O)CNC(C)C)OC. The van der Waals surface area contributed by atoms with Crippen molar-refractivity contribution in [1.29, 1.82) is 0 Å². The number of rotatable bonds is 7. The van der Waals surface area contributed by atoms with Gasteiger partial charge in [0.05, 0.1) is 13.1 Å². The molecule has 0 aliphatic heterocycles. The van der Waals surface area contributed by atoms with Crippen LogP contribution in [0.1, 0.15) is 13.8 Å². The second-order valence-electron chi connectivity index (χ2n) is 3.24. The van der Waals surface area contributed by atoms with Gasteiger partial charge in [-0.3, -0.25) is 4.79 Å². The molecular formula is C9H20N2O3. The molecule has 2 N–H and O–H groups in total. The largest absolute Gasteiger partial charge is 0.354 e. The van der Waals surface area contributed by atoms with Crippen molar-refractivity contribution in [2.45, 2.75) is 26.2 Å². The fourth-order valence-corrected chi connectivity index (χ4v) is 0.819.